The Kier molecular flexibility index (Phi) is 10.6. The summed E-state index contributed by atoms with van der Waals surface area (Å²) < 4.78 is 0. The van der Waals surface area contributed by atoms with Gasteiger partial charge in [0.2, 0.25) is 5.91 Å². The van der Waals surface area contributed by atoms with Crippen LogP contribution in [-0.2, 0) is 4.79 Å². The number of halogens is 2. The molecule has 1 aliphatic heterocycles. The topological polar surface area (TPSA) is 49.6 Å². The van der Waals surface area contributed by atoms with Crippen LogP contribution in [0, 0.1) is 5.92 Å². The molecule has 1 heterocycles. The molecular weight excluding hydrogens is 369 g/mol. The van der Waals surface area contributed by atoms with Gasteiger partial charge in [-0.2, -0.15) is 0 Å². The Bertz CT molecular complexity index is 515. The Balaban J connectivity index is 0.00000169. The first-order chi connectivity index (χ1) is 11.7. The summed E-state index contributed by atoms with van der Waals surface area (Å²) in [7, 11) is 0. The summed E-state index contributed by atoms with van der Waals surface area (Å²) in [6.45, 7) is 4.97. The van der Waals surface area contributed by atoms with Crippen molar-refractivity contribution in [3.63, 3.8) is 0 Å². The van der Waals surface area contributed by atoms with Gasteiger partial charge in [-0.25, -0.2) is 0 Å². The van der Waals surface area contributed by atoms with Gasteiger partial charge in [-0.3, -0.25) is 9.69 Å². The van der Waals surface area contributed by atoms with Gasteiger partial charge in [-0.05, 0) is 24.3 Å². The van der Waals surface area contributed by atoms with Crippen LogP contribution in [-0.4, -0.2) is 48.4 Å². The summed E-state index contributed by atoms with van der Waals surface area (Å²) >= 11 is 0. The summed E-state index contributed by atoms with van der Waals surface area (Å²) in [6.07, 6.45) is 7.42. The molecule has 0 bridgehead atoms. The van der Waals surface area contributed by atoms with E-state index in [1.165, 1.54) is 38.6 Å². The molecule has 26 heavy (non-hydrogen) atoms. The molecule has 0 aromatic heterocycles. The van der Waals surface area contributed by atoms with Crippen molar-refractivity contribution in [3.05, 3.63) is 35.9 Å². The average molecular weight is 402 g/mol. The smallest absolute Gasteiger partial charge is 0.224 e. The maximum atomic E-state index is 12.5. The van der Waals surface area contributed by atoms with Gasteiger partial charge in [0.1, 0.15) is 0 Å². The van der Waals surface area contributed by atoms with Gasteiger partial charge in [0.15, 0.2) is 0 Å². The van der Waals surface area contributed by atoms with Crippen LogP contribution in [0.5, 0.6) is 0 Å². The van der Waals surface area contributed by atoms with Crippen LogP contribution in [0.3, 0.4) is 0 Å². The molecule has 2 fully saturated rings. The number of carbonyl (C=O) groups excluding carboxylic acids is 1. The van der Waals surface area contributed by atoms with E-state index in [2.05, 4.69) is 4.90 Å². The number of hydrogen-bond acceptors (Lipinski definition) is 3. The standard InChI is InChI=1S/C20H31N3O.2ClH/c21-19(18-9-5-2-6-10-18)15-20(24)23-13-11-22(12-14-23)16-17-7-3-1-4-8-17;;/h2,5-6,9-10,17,19H,1,3-4,7-8,11-16,21H2;2*1H. The SMILES string of the molecule is Cl.Cl.NC(CC(=O)N1CCN(CC2CCCCC2)CC1)c1ccccc1. The molecule has 1 aromatic carbocycles. The highest BCUT2D eigenvalue weighted by atomic mass is 35.5. The maximum Gasteiger partial charge on any atom is 0.224 e. The lowest BCUT2D eigenvalue weighted by molar-refractivity contribution is -0.133. The first kappa shape index (κ1) is 23.2. The van der Waals surface area contributed by atoms with Crippen molar-refractivity contribution in [1.29, 1.82) is 0 Å². The number of hydrogen-bond donors (Lipinski definition) is 1. The maximum absolute atomic E-state index is 12.5. The zero-order chi connectivity index (χ0) is 16.8. The summed E-state index contributed by atoms with van der Waals surface area (Å²) in [4.78, 5) is 17.1. The number of amides is 1. The third-order valence-corrected chi connectivity index (χ3v) is 5.59. The van der Waals surface area contributed by atoms with Gasteiger partial charge in [-0.1, -0.05) is 49.6 Å². The number of nitrogens with two attached hydrogens (primary N) is 1. The molecule has 0 radical (unpaired) electrons. The van der Waals surface area contributed by atoms with Gasteiger partial charge >= 0.3 is 0 Å². The predicted octanol–water partition coefficient (Wildman–Crippen LogP) is 3.64. The quantitative estimate of drug-likeness (QED) is 0.818. The summed E-state index contributed by atoms with van der Waals surface area (Å²) in [5.74, 6) is 1.08. The molecule has 3 rings (SSSR count). The summed E-state index contributed by atoms with van der Waals surface area (Å²) in [5, 5.41) is 0. The minimum Gasteiger partial charge on any atom is -0.340 e. The van der Waals surface area contributed by atoms with Gasteiger partial charge in [0.25, 0.3) is 0 Å². The molecule has 0 spiro atoms. The van der Waals surface area contributed by atoms with E-state index in [9.17, 15) is 4.79 Å². The highest BCUT2D eigenvalue weighted by Crippen LogP contribution is 2.25. The first-order valence-corrected chi connectivity index (χ1v) is 9.53. The first-order valence-electron chi connectivity index (χ1n) is 9.53. The zero-order valence-electron chi connectivity index (χ0n) is 15.5. The molecule has 6 heteroatoms. The van der Waals surface area contributed by atoms with Gasteiger partial charge in [0.05, 0.1) is 0 Å². The lowest BCUT2D eigenvalue weighted by atomic mass is 9.89. The van der Waals surface area contributed by atoms with E-state index in [1.807, 2.05) is 35.2 Å². The molecule has 1 aromatic rings. The summed E-state index contributed by atoms with van der Waals surface area (Å²) in [6, 6.07) is 9.73. The minimum absolute atomic E-state index is 0. The third kappa shape index (κ3) is 6.73. The largest absolute Gasteiger partial charge is 0.340 e. The molecule has 1 saturated heterocycles. The fourth-order valence-electron chi connectivity index (χ4n) is 4.05. The fourth-order valence-corrected chi connectivity index (χ4v) is 4.05. The highest BCUT2D eigenvalue weighted by Gasteiger charge is 2.25. The van der Waals surface area contributed by atoms with Crippen molar-refractivity contribution in [2.45, 2.75) is 44.6 Å². The second-order valence-electron chi connectivity index (χ2n) is 7.41. The van der Waals surface area contributed by atoms with E-state index in [0.717, 1.165) is 37.7 Å². The van der Waals surface area contributed by atoms with Crippen LogP contribution < -0.4 is 5.73 Å². The molecule has 1 aliphatic carbocycles. The van der Waals surface area contributed by atoms with E-state index in [0.29, 0.717) is 6.42 Å². The van der Waals surface area contributed by atoms with Crippen molar-refractivity contribution in [2.75, 3.05) is 32.7 Å². The Labute approximate surface area is 170 Å². The lowest BCUT2D eigenvalue weighted by Crippen LogP contribution is -2.50. The minimum atomic E-state index is -0.195. The molecular formula is C20H33Cl2N3O. The van der Waals surface area contributed by atoms with E-state index in [4.69, 9.17) is 5.73 Å². The van der Waals surface area contributed by atoms with Gasteiger partial charge in [-0.15, -0.1) is 24.8 Å². The van der Waals surface area contributed by atoms with Crippen molar-refractivity contribution < 1.29 is 4.79 Å². The van der Waals surface area contributed by atoms with Crippen molar-refractivity contribution >= 4 is 30.7 Å². The second kappa shape index (κ2) is 11.8. The molecule has 1 amide bonds. The normalized spacial score (nSPS) is 20.0. The van der Waals surface area contributed by atoms with E-state index in [-0.39, 0.29) is 36.8 Å². The fraction of sp³-hybridized carbons (Fsp3) is 0.650. The number of nitrogens with zero attached hydrogens (tertiary/aromatic N) is 2. The van der Waals surface area contributed by atoms with Crippen molar-refractivity contribution in [2.24, 2.45) is 11.7 Å². The zero-order valence-corrected chi connectivity index (χ0v) is 17.1. The van der Waals surface area contributed by atoms with Crippen LogP contribution in [0.4, 0.5) is 0 Å². The number of rotatable bonds is 5. The van der Waals surface area contributed by atoms with Crippen molar-refractivity contribution in [3.8, 4) is 0 Å². The average Bonchev–Trinajstić information content (AvgIpc) is 2.64. The van der Waals surface area contributed by atoms with E-state index < -0.39 is 0 Å². The monoisotopic (exact) mass is 401 g/mol. The Morgan fingerprint density at radius 3 is 2.23 bits per heavy atom. The number of benzene rings is 1. The van der Waals surface area contributed by atoms with Gasteiger partial charge in [0, 0.05) is 45.2 Å². The highest BCUT2D eigenvalue weighted by molar-refractivity contribution is 5.85. The Morgan fingerprint density at radius 1 is 1.00 bits per heavy atom. The molecule has 1 unspecified atom stereocenters. The Hall–Kier alpha value is -0.810. The predicted molar refractivity (Wildman–Crippen MR) is 112 cm³/mol. The van der Waals surface area contributed by atoms with Gasteiger partial charge < -0.3 is 10.6 Å². The molecule has 1 saturated carbocycles. The molecule has 148 valence electrons. The van der Waals surface area contributed by atoms with Crippen LogP contribution in [0.15, 0.2) is 30.3 Å². The van der Waals surface area contributed by atoms with Crippen molar-refractivity contribution in [1.82, 2.24) is 9.80 Å². The molecule has 4 nitrogen and oxygen atoms in total. The number of carbonyl (C=O) groups is 1. The summed E-state index contributed by atoms with van der Waals surface area (Å²) in [5.41, 5.74) is 7.24. The van der Waals surface area contributed by atoms with Crippen LogP contribution in [0.25, 0.3) is 0 Å². The van der Waals surface area contributed by atoms with E-state index in [1.54, 1.807) is 0 Å². The van der Waals surface area contributed by atoms with Crippen LogP contribution in [0.2, 0.25) is 0 Å². The second-order valence-corrected chi connectivity index (χ2v) is 7.41. The molecule has 2 aliphatic rings. The van der Waals surface area contributed by atoms with Crippen LogP contribution >= 0.6 is 24.8 Å². The Morgan fingerprint density at radius 2 is 1.62 bits per heavy atom. The van der Waals surface area contributed by atoms with E-state index >= 15 is 0 Å². The third-order valence-electron chi connectivity index (χ3n) is 5.59. The molecule has 2 N–H and O–H groups in total. The number of piperazine rings is 1. The molecule has 1 atom stereocenters. The van der Waals surface area contributed by atoms with Crippen LogP contribution in [0.1, 0.15) is 50.1 Å². The lowest BCUT2D eigenvalue weighted by Gasteiger charge is -2.37.